The minimum Gasteiger partial charge on any atom is -0.310 e. The van der Waals surface area contributed by atoms with Gasteiger partial charge in [-0.05, 0) is 181 Å². The van der Waals surface area contributed by atoms with Crippen molar-refractivity contribution in [2.45, 2.75) is 102 Å². The van der Waals surface area contributed by atoms with Gasteiger partial charge in [-0.3, -0.25) is 0 Å². The molecule has 0 amide bonds. The summed E-state index contributed by atoms with van der Waals surface area (Å²) in [6.45, 7) is 14.6. The van der Waals surface area contributed by atoms with Gasteiger partial charge in [0, 0.05) is 16.9 Å². The van der Waals surface area contributed by atoms with Crippen molar-refractivity contribution in [1.82, 2.24) is 0 Å². The van der Waals surface area contributed by atoms with Crippen LogP contribution in [-0.4, -0.2) is 0 Å². The smallest absolute Gasteiger partial charge is 0.0726 e. The highest BCUT2D eigenvalue weighted by Crippen LogP contribution is 2.64. The van der Waals surface area contributed by atoms with Gasteiger partial charge in [-0.2, -0.15) is 0 Å². The zero-order chi connectivity index (χ0) is 44.2. The van der Waals surface area contributed by atoms with E-state index in [4.69, 9.17) is 0 Å². The molecule has 1 nitrogen and oxygen atoms in total. The predicted molar refractivity (Wildman–Crippen MR) is 274 cm³/mol. The van der Waals surface area contributed by atoms with E-state index in [9.17, 15) is 0 Å². The van der Waals surface area contributed by atoms with Crippen molar-refractivity contribution < 1.29 is 0 Å². The summed E-state index contributed by atoms with van der Waals surface area (Å²) in [5, 5.41) is 0. The Morgan fingerprint density at radius 3 is 1.63 bits per heavy atom. The van der Waals surface area contributed by atoms with Crippen LogP contribution < -0.4 is 4.90 Å². The minimum absolute atomic E-state index is 0.0523. The lowest BCUT2D eigenvalue weighted by molar-refractivity contribution is 0.332. The van der Waals surface area contributed by atoms with Crippen molar-refractivity contribution in [3.63, 3.8) is 0 Å². The van der Waals surface area contributed by atoms with Crippen LogP contribution in [-0.2, 0) is 29.1 Å². The van der Waals surface area contributed by atoms with Crippen LogP contribution in [0.3, 0.4) is 0 Å². The minimum atomic E-state index is -0.464. The van der Waals surface area contributed by atoms with E-state index in [-0.39, 0.29) is 10.8 Å². The average Bonchev–Trinajstić information content (AvgIpc) is 3.80. The molecule has 0 unspecified atom stereocenters. The van der Waals surface area contributed by atoms with E-state index in [2.05, 4.69) is 216 Å². The lowest BCUT2D eigenvalue weighted by atomic mass is 9.63. The van der Waals surface area contributed by atoms with Crippen LogP contribution in [0.15, 0.2) is 170 Å². The second-order valence-corrected chi connectivity index (χ2v) is 21.1. The first kappa shape index (κ1) is 40.1. The van der Waals surface area contributed by atoms with E-state index in [1.165, 1.54) is 132 Å². The molecular weight excluding hydrogens is 783 g/mol. The second kappa shape index (κ2) is 14.8. The lowest BCUT2D eigenvalue weighted by Crippen LogP contribution is -2.34. The third-order valence-electron chi connectivity index (χ3n) is 16.1. The molecule has 0 saturated carbocycles. The van der Waals surface area contributed by atoms with Gasteiger partial charge in [0.25, 0.3) is 0 Å². The third-order valence-corrected chi connectivity index (χ3v) is 16.1. The Balaban J connectivity index is 1.22. The van der Waals surface area contributed by atoms with Crippen LogP contribution in [0.4, 0.5) is 17.1 Å². The van der Waals surface area contributed by atoms with E-state index in [1.54, 1.807) is 5.56 Å². The van der Waals surface area contributed by atoms with Gasteiger partial charge < -0.3 is 4.90 Å². The number of hydrogen-bond donors (Lipinski definition) is 0. The third kappa shape index (κ3) is 5.97. The largest absolute Gasteiger partial charge is 0.310 e. The first-order valence-corrected chi connectivity index (χ1v) is 24.3. The Labute approximate surface area is 386 Å². The van der Waals surface area contributed by atoms with Gasteiger partial charge in [0.15, 0.2) is 0 Å². The summed E-state index contributed by atoms with van der Waals surface area (Å²) in [4.78, 5) is 2.65. The lowest BCUT2D eigenvalue weighted by Gasteiger charge is -2.42. The average molecular weight is 842 g/mol. The highest BCUT2D eigenvalue weighted by Gasteiger charge is 2.52. The van der Waals surface area contributed by atoms with Crippen LogP contribution in [0.1, 0.15) is 123 Å². The van der Waals surface area contributed by atoms with Crippen LogP contribution in [0.5, 0.6) is 0 Å². The number of hydrogen-bond acceptors (Lipinski definition) is 1. The van der Waals surface area contributed by atoms with E-state index in [0.717, 1.165) is 12.8 Å². The molecule has 4 aliphatic carbocycles. The summed E-state index contributed by atoms with van der Waals surface area (Å²) in [5.74, 6) is 0.357. The standard InChI is InChI=1S/C64H59N/c1-41(2)47-34-30-44-20-10-11-21-48(44)61(47)53-39-52-51-24-14-17-27-56(51)64(54-25-15-12-22-49(54)50-23-13-16-26-55(50)64)58(52)40-60(53)65(45-31-28-43(29-32-45)42-18-8-7-9-19-42)46-33-35-57-59(38-46)63(5,6)37-36-62(57,3)4/h7-9,12-19,22-35,38-41H,10-11,20-21,36-37H2,1-6H3. The highest BCUT2D eigenvalue weighted by atomic mass is 15.1. The fourth-order valence-corrected chi connectivity index (χ4v) is 12.7. The monoisotopic (exact) mass is 841 g/mol. The van der Waals surface area contributed by atoms with E-state index in [1.807, 2.05) is 0 Å². The molecule has 1 spiro atoms. The summed E-state index contributed by atoms with van der Waals surface area (Å²) >= 11 is 0. The summed E-state index contributed by atoms with van der Waals surface area (Å²) < 4.78 is 0. The maximum absolute atomic E-state index is 2.66. The SMILES string of the molecule is CC(C)c1ccc2c(c1-c1cc3c(cc1N(c1ccc(-c4ccccc4)cc1)c1ccc4c(c1)C(C)(C)CCC4(C)C)C1(c4ccccc4-c4ccccc41)c1ccccc1-3)CCCC2. The van der Waals surface area contributed by atoms with Crippen molar-refractivity contribution in [2.24, 2.45) is 0 Å². The molecule has 8 aromatic rings. The van der Waals surface area contributed by atoms with Crippen LogP contribution >= 0.6 is 0 Å². The second-order valence-electron chi connectivity index (χ2n) is 21.1. The van der Waals surface area contributed by atoms with Crippen molar-refractivity contribution in [3.8, 4) is 44.5 Å². The zero-order valence-electron chi connectivity index (χ0n) is 38.9. The number of fused-ring (bicyclic) bond motifs is 12. The normalized spacial score (nSPS) is 16.6. The Morgan fingerprint density at radius 1 is 0.431 bits per heavy atom. The van der Waals surface area contributed by atoms with Gasteiger partial charge in [-0.15, -0.1) is 0 Å². The number of benzene rings is 8. The number of rotatable bonds is 6. The Hall–Kier alpha value is -6.44. The topological polar surface area (TPSA) is 3.24 Å². The molecule has 0 aromatic heterocycles. The van der Waals surface area contributed by atoms with E-state index in [0.29, 0.717) is 5.92 Å². The van der Waals surface area contributed by atoms with Crippen LogP contribution in [0.25, 0.3) is 44.5 Å². The van der Waals surface area contributed by atoms with Gasteiger partial charge in [0.05, 0.1) is 11.1 Å². The molecule has 0 bridgehead atoms. The first-order valence-electron chi connectivity index (χ1n) is 24.3. The number of aryl methyl sites for hydroxylation is 1. The molecule has 0 saturated heterocycles. The van der Waals surface area contributed by atoms with Crippen molar-refractivity contribution in [3.05, 3.63) is 220 Å². The zero-order valence-corrected chi connectivity index (χ0v) is 38.9. The van der Waals surface area contributed by atoms with Gasteiger partial charge >= 0.3 is 0 Å². The fourth-order valence-electron chi connectivity index (χ4n) is 12.7. The fraction of sp³-hybridized carbons (Fsp3) is 0.250. The number of anilines is 3. The summed E-state index contributed by atoms with van der Waals surface area (Å²) in [5.41, 5.74) is 26.9. The molecular formula is C64H59N. The Bertz CT molecular complexity index is 3130. The number of nitrogens with zero attached hydrogens (tertiary/aromatic N) is 1. The molecule has 0 aliphatic heterocycles. The summed E-state index contributed by atoms with van der Waals surface area (Å²) in [7, 11) is 0. The van der Waals surface area contributed by atoms with Gasteiger partial charge in [0.2, 0.25) is 0 Å². The molecule has 65 heavy (non-hydrogen) atoms. The van der Waals surface area contributed by atoms with Crippen molar-refractivity contribution in [2.75, 3.05) is 4.90 Å². The molecule has 0 fully saturated rings. The quantitative estimate of drug-likeness (QED) is 0.161. The summed E-state index contributed by atoms with van der Waals surface area (Å²) in [6.07, 6.45) is 7.08. The van der Waals surface area contributed by atoms with Crippen molar-refractivity contribution in [1.29, 1.82) is 0 Å². The molecule has 0 radical (unpaired) electrons. The first-order chi connectivity index (χ1) is 31.6. The molecule has 0 atom stereocenters. The molecule has 0 heterocycles. The Kier molecular flexibility index (Phi) is 9.13. The predicted octanol–water partition coefficient (Wildman–Crippen LogP) is 17.2. The van der Waals surface area contributed by atoms with E-state index < -0.39 is 5.41 Å². The molecule has 4 aliphatic rings. The van der Waals surface area contributed by atoms with Crippen LogP contribution in [0.2, 0.25) is 0 Å². The summed E-state index contributed by atoms with van der Waals surface area (Å²) in [6, 6.07) is 65.8. The maximum atomic E-state index is 2.66. The molecule has 320 valence electrons. The Morgan fingerprint density at radius 2 is 0.985 bits per heavy atom. The van der Waals surface area contributed by atoms with Gasteiger partial charge in [-0.1, -0.05) is 175 Å². The van der Waals surface area contributed by atoms with E-state index >= 15 is 0 Å². The van der Waals surface area contributed by atoms with Gasteiger partial charge in [-0.25, -0.2) is 0 Å². The van der Waals surface area contributed by atoms with Crippen LogP contribution in [0, 0.1) is 0 Å². The highest BCUT2D eigenvalue weighted by molar-refractivity contribution is 6.01. The molecule has 1 heteroatoms. The molecule has 8 aromatic carbocycles. The molecule has 12 rings (SSSR count). The molecule has 0 N–H and O–H groups in total. The van der Waals surface area contributed by atoms with Crippen molar-refractivity contribution >= 4 is 17.1 Å². The maximum Gasteiger partial charge on any atom is 0.0726 e. The van der Waals surface area contributed by atoms with Gasteiger partial charge in [0.1, 0.15) is 0 Å².